The van der Waals surface area contributed by atoms with Crippen molar-refractivity contribution in [3.8, 4) is 0 Å². The Morgan fingerprint density at radius 1 is 0.953 bits per heavy atom. The maximum atomic E-state index is 13.3. The predicted octanol–water partition coefficient (Wildman–Crippen LogP) is 3.74. The van der Waals surface area contributed by atoms with Crippen LogP contribution >= 0.6 is 0 Å². The molecule has 1 unspecified atom stereocenters. The second kappa shape index (κ2) is 12.5. The monoisotopic (exact) mass is 601 g/mol. The van der Waals surface area contributed by atoms with E-state index >= 15 is 0 Å². The zero-order chi connectivity index (χ0) is 29.9. The molecule has 3 aliphatic rings. The van der Waals surface area contributed by atoms with Crippen molar-refractivity contribution < 1.29 is 18.0 Å². The number of nitrogens with one attached hydrogen (secondary N) is 2. The number of sulfonamides is 1. The minimum Gasteiger partial charge on any atom is -0.338 e. The van der Waals surface area contributed by atoms with Gasteiger partial charge in [0.2, 0.25) is 10.0 Å². The van der Waals surface area contributed by atoms with Crippen LogP contribution in [0.5, 0.6) is 0 Å². The third-order valence-electron chi connectivity index (χ3n) is 9.08. The highest BCUT2D eigenvalue weighted by molar-refractivity contribution is 7.89. The highest BCUT2D eigenvalue weighted by Gasteiger charge is 2.48. The van der Waals surface area contributed by atoms with Crippen LogP contribution in [-0.4, -0.2) is 79.4 Å². The summed E-state index contributed by atoms with van der Waals surface area (Å²) >= 11 is 0. The third-order valence-corrected chi connectivity index (χ3v) is 11.0. The summed E-state index contributed by atoms with van der Waals surface area (Å²) in [6, 6.07) is 24.0. The van der Waals surface area contributed by atoms with Gasteiger partial charge in [0.05, 0.1) is 5.75 Å². The topological polar surface area (TPSA) is 111 Å². The number of carbonyl (C=O) groups excluding carboxylic acids is 2. The number of rotatable bonds is 8. The summed E-state index contributed by atoms with van der Waals surface area (Å²) < 4.78 is 28.1. The van der Waals surface area contributed by atoms with Crippen LogP contribution in [0.1, 0.15) is 36.8 Å². The summed E-state index contributed by atoms with van der Waals surface area (Å²) in [4.78, 5) is 32.8. The highest BCUT2D eigenvalue weighted by atomic mass is 32.2. The number of nitrogens with zero attached hydrogens (tertiary/aromatic N) is 3. The smallest absolute Gasteiger partial charge is 0.317 e. The van der Waals surface area contributed by atoms with Gasteiger partial charge in [-0.1, -0.05) is 72.8 Å². The molecule has 3 heterocycles. The lowest BCUT2D eigenvalue weighted by Gasteiger charge is -2.35. The summed E-state index contributed by atoms with van der Waals surface area (Å²) in [7, 11) is -3.49. The third kappa shape index (κ3) is 6.45. The highest BCUT2D eigenvalue weighted by Crippen LogP contribution is 2.33. The fourth-order valence-electron chi connectivity index (χ4n) is 6.54. The number of piperidine rings is 2. The normalized spacial score (nSPS) is 20.7. The van der Waals surface area contributed by atoms with E-state index in [1.165, 1.54) is 9.87 Å². The van der Waals surface area contributed by atoms with Crippen LogP contribution in [0.15, 0.2) is 77.8 Å². The Bertz CT molecular complexity index is 1610. The molecule has 3 aliphatic heterocycles. The Morgan fingerprint density at radius 3 is 2.51 bits per heavy atom. The van der Waals surface area contributed by atoms with Crippen molar-refractivity contribution in [3.05, 3.63) is 83.9 Å². The molecule has 3 aromatic carbocycles. The van der Waals surface area contributed by atoms with Gasteiger partial charge in [0.25, 0.3) is 5.91 Å². The second-order valence-corrected chi connectivity index (χ2v) is 13.9. The lowest BCUT2D eigenvalue weighted by molar-refractivity contribution is -0.125. The molecule has 9 nitrogen and oxygen atoms in total. The summed E-state index contributed by atoms with van der Waals surface area (Å²) in [5, 5.41) is 8.21. The Balaban J connectivity index is 1.03. The van der Waals surface area contributed by atoms with Crippen LogP contribution in [0.25, 0.3) is 10.8 Å². The average Bonchev–Trinajstić information content (AvgIpc) is 3.35. The van der Waals surface area contributed by atoms with Crippen molar-refractivity contribution in [2.75, 3.05) is 38.5 Å². The Labute approximate surface area is 253 Å². The minimum absolute atomic E-state index is 0.0278. The molecular weight excluding hydrogens is 562 g/mol. The van der Waals surface area contributed by atoms with Gasteiger partial charge in [0, 0.05) is 38.6 Å². The first-order valence-electron chi connectivity index (χ1n) is 15.3. The SMILES string of the molecule is O=C(NCCc1ccccc1)N1CCCC(C2=NC3(CCN(S(=O)(=O)CCc4cccc5ccccc45)CC3)C(=O)N2)C1. The first-order chi connectivity index (χ1) is 20.8. The van der Waals surface area contributed by atoms with E-state index in [4.69, 9.17) is 4.99 Å². The molecule has 226 valence electrons. The molecule has 6 rings (SSSR count). The summed E-state index contributed by atoms with van der Waals surface area (Å²) in [5.41, 5.74) is 1.26. The zero-order valence-electron chi connectivity index (χ0n) is 24.4. The zero-order valence-corrected chi connectivity index (χ0v) is 25.2. The summed E-state index contributed by atoms with van der Waals surface area (Å²) in [6.45, 7) is 2.27. The molecular formula is C33H39N5O4S. The molecule has 2 saturated heterocycles. The van der Waals surface area contributed by atoms with Gasteiger partial charge < -0.3 is 15.5 Å². The number of amidine groups is 1. The molecule has 0 bridgehead atoms. The number of likely N-dealkylation sites (tertiary alicyclic amines) is 1. The Morgan fingerprint density at radius 2 is 1.70 bits per heavy atom. The summed E-state index contributed by atoms with van der Waals surface area (Å²) in [6.07, 6.45) is 3.59. The number of aliphatic imine (C=N–C) groups is 1. The van der Waals surface area contributed by atoms with Gasteiger partial charge in [-0.2, -0.15) is 0 Å². The van der Waals surface area contributed by atoms with Gasteiger partial charge in [-0.25, -0.2) is 17.5 Å². The number of aryl methyl sites for hydroxylation is 1. The predicted molar refractivity (Wildman–Crippen MR) is 168 cm³/mol. The van der Waals surface area contributed by atoms with Gasteiger partial charge in [0.1, 0.15) is 11.4 Å². The van der Waals surface area contributed by atoms with E-state index in [0.29, 0.717) is 44.7 Å². The Hall–Kier alpha value is -3.76. The van der Waals surface area contributed by atoms with Crippen molar-refractivity contribution in [2.24, 2.45) is 10.9 Å². The number of fused-ring (bicyclic) bond motifs is 1. The fraction of sp³-hybridized carbons (Fsp3) is 0.424. The second-order valence-electron chi connectivity index (χ2n) is 11.8. The molecule has 2 N–H and O–H groups in total. The molecule has 0 aromatic heterocycles. The van der Waals surface area contributed by atoms with Crippen molar-refractivity contribution >= 4 is 38.6 Å². The van der Waals surface area contributed by atoms with Crippen LogP contribution in [0, 0.1) is 5.92 Å². The Kier molecular flexibility index (Phi) is 8.50. The van der Waals surface area contributed by atoms with E-state index in [-0.39, 0.29) is 36.7 Å². The number of benzene rings is 3. The molecule has 1 spiro atoms. The van der Waals surface area contributed by atoms with E-state index < -0.39 is 15.6 Å². The molecule has 0 aliphatic carbocycles. The number of hydrogen-bond donors (Lipinski definition) is 2. The molecule has 10 heteroatoms. The lowest BCUT2D eigenvalue weighted by atomic mass is 9.89. The van der Waals surface area contributed by atoms with Gasteiger partial charge in [0.15, 0.2) is 0 Å². The van der Waals surface area contributed by atoms with Crippen molar-refractivity contribution in [2.45, 2.75) is 44.1 Å². The number of carbonyl (C=O) groups is 2. The van der Waals surface area contributed by atoms with Crippen LogP contribution in [-0.2, 0) is 27.7 Å². The van der Waals surface area contributed by atoms with Crippen LogP contribution in [0.2, 0.25) is 0 Å². The molecule has 1 atom stereocenters. The van der Waals surface area contributed by atoms with Crippen LogP contribution < -0.4 is 10.6 Å². The van der Waals surface area contributed by atoms with Gasteiger partial charge in [-0.15, -0.1) is 0 Å². The van der Waals surface area contributed by atoms with E-state index in [9.17, 15) is 18.0 Å². The number of hydrogen-bond acceptors (Lipinski definition) is 5. The maximum absolute atomic E-state index is 13.3. The van der Waals surface area contributed by atoms with Crippen LogP contribution in [0.4, 0.5) is 4.79 Å². The van der Waals surface area contributed by atoms with E-state index in [1.54, 1.807) is 0 Å². The van der Waals surface area contributed by atoms with Gasteiger partial charge in [-0.05, 0) is 60.4 Å². The molecule has 0 saturated carbocycles. The quantitative estimate of drug-likeness (QED) is 0.410. The van der Waals surface area contributed by atoms with E-state index in [0.717, 1.165) is 35.6 Å². The fourth-order valence-corrected chi connectivity index (χ4v) is 8.02. The summed E-state index contributed by atoms with van der Waals surface area (Å²) in [5.74, 6) is 0.471. The van der Waals surface area contributed by atoms with E-state index in [1.807, 2.05) is 77.7 Å². The van der Waals surface area contributed by atoms with Crippen LogP contribution in [0.3, 0.4) is 0 Å². The molecule has 3 amide bonds. The number of amides is 3. The van der Waals surface area contributed by atoms with Crippen molar-refractivity contribution in [3.63, 3.8) is 0 Å². The standard InChI is InChI=1S/C33H39N5O4S/c39-31-33(17-21-38(22-18-33)43(41,42)23-16-27-12-6-11-26-10-4-5-14-29(26)27)36-30(35-31)28-13-7-20-37(24-28)32(40)34-19-15-25-8-2-1-3-9-25/h1-6,8-12,14,28H,7,13,15-24H2,(H,34,40)(H,35,36,39). The first-order valence-corrected chi connectivity index (χ1v) is 16.9. The van der Waals surface area contributed by atoms with Gasteiger partial charge >= 0.3 is 6.03 Å². The minimum atomic E-state index is -3.49. The first kappa shape index (κ1) is 29.3. The van der Waals surface area contributed by atoms with Gasteiger partial charge in [-0.3, -0.25) is 9.79 Å². The average molecular weight is 602 g/mol. The van der Waals surface area contributed by atoms with Crippen molar-refractivity contribution in [1.82, 2.24) is 19.8 Å². The largest absolute Gasteiger partial charge is 0.338 e. The molecule has 43 heavy (non-hydrogen) atoms. The molecule has 2 fully saturated rings. The lowest BCUT2D eigenvalue weighted by Crippen LogP contribution is -2.51. The number of urea groups is 1. The molecule has 0 radical (unpaired) electrons. The van der Waals surface area contributed by atoms with Crippen molar-refractivity contribution in [1.29, 1.82) is 0 Å². The van der Waals surface area contributed by atoms with E-state index in [2.05, 4.69) is 10.6 Å². The maximum Gasteiger partial charge on any atom is 0.317 e. The molecule has 3 aromatic rings.